The Morgan fingerprint density at radius 1 is 1.42 bits per heavy atom. The molecule has 4 nitrogen and oxygen atoms in total. The summed E-state index contributed by atoms with van der Waals surface area (Å²) >= 11 is 0. The number of likely N-dealkylation sites (tertiary alicyclic amines) is 1. The Hall–Kier alpha value is -0.870. The summed E-state index contributed by atoms with van der Waals surface area (Å²) in [6, 6.07) is 0.0560. The SMILES string of the molecule is C=CCCN1CCCC(CNC(=O)C2CCCN2)C1. The number of rotatable bonds is 6. The van der Waals surface area contributed by atoms with E-state index in [1.54, 1.807) is 0 Å². The van der Waals surface area contributed by atoms with Gasteiger partial charge in [0.25, 0.3) is 0 Å². The molecule has 0 aromatic carbocycles. The first-order valence-corrected chi connectivity index (χ1v) is 7.64. The lowest BCUT2D eigenvalue weighted by Gasteiger charge is -2.32. The van der Waals surface area contributed by atoms with E-state index >= 15 is 0 Å². The van der Waals surface area contributed by atoms with Crippen LogP contribution in [0.2, 0.25) is 0 Å². The van der Waals surface area contributed by atoms with Gasteiger partial charge in [-0.25, -0.2) is 0 Å². The van der Waals surface area contributed by atoms with Gasteiger partial charge in [-0.05, 0) is 51.1 Å². The van der Waals surface area contributed by atoms with Crippen molar-refractivity contribution in [1.82, 2.24) is 15.5 Å². The molecule has 0 aliphatic carbocycles. The van der Waals surface area contributed by atoms with E-state index in [1.165, 1.54) is 19.4 Å². The van der Waals surface area contributed by atoms with Crippen molar-refractivity contribution in [3.05, 3.63) is 12.7 Å². The fraction of sp³-hybridized carbons (Fsp3) is 0.800. The summed E-state index contributed by atoms with van der Waals surface area (Å²) in [6.45, 7) is 9.02. The second-order valence-electron chi connectivity index (χ2n) is 5.78. The zero-order chi connectivity index (χ0) is 13.5. The Morgan fingerprint density at radius 3 is 3.05 bits per heavy atom. The molecule has 2 aliphatic rings. The van der Waals surface area contributed by atoms with Gasteiger partial charge >= 0.3 is 0 Å². The summed E-state index contributed by atoms with van der Waals surface area (Å²) < 4.78 is 0. The van der Waals surface area contributed by atoms with Crippen LogP contribution in [0.15, 0.2) is 12.7 Å². The molecule has 0 radical (unpaired) electrons. The maximum absolute atomic E-state index is 11.9. The van der Waals surface area contributed by atoms with Crippen LogP contribution in [0.1, 0.15) is 32.1 Å². The Kier molecular flexibility index (Phi) is 5.86. The molecule has 0 spiro atoms. The summed E-state index contributed by atoms with van der Waals surface area (Å²) in [6.07, 6.45) is 7.64. The fourth-order valence-corrected chi connectivity index (χ4v) is 3.07. The monoisotopic (exact) mass is 265 g/mol. The van der Waals surface area contributed by atoms with Crippen LogP contribution in [0.5, 0.6) is 0 Å². The van der Waals surface area contributed by atoms with Gasteiger partial charge < -0.3 is 15.5 Å². The van der Waals surface area contributed by atoms with Crippen molar-refractivity contribution in [3.63, 3.8) is 0 Å². The second kappa shape index (κ2) is 7.65. The maximum atomic E-state index is 11.9. The minimum Gasteiger partial charge on any atom is -0.354 e. The smallest absolute Gasteiger partial charge is 0.237 e. The molecule has 2 N–H and O–H groups in total. The molecular weight excluding hydrogens is 238 g/mol. The molecule has 2 saturated heterocycles. The first kappa shape index (κ1) is 14.5. The molecule has 2 atom stereocenters. The predicted molar refractivity (Wildman–Crippen MR) is 78.0 cm³/mol. The standard InChI is InChI=1S/C15H27N3O/c1-2-3-9-18-10-5-6-13(12-18)11-17-15(19)14-7-4-8-16-14/h2,13-14,16H,1,3-12H2,(H,17,19). The minimum absolute atomic E-state index is 0.0560. The average Bonchev–Trinajstić information content (AvgIpc) is 2.97. The zero-order valence-corrected chi connectivity index (χ0v) is 11.9. The van der Waals surface area contributed by atoms with E-state index < -0.39 is 0 Å². The van der Waals surface area contributed by atoms with Crippen molar-refractivity contribution in [2.45, 2.75) is 38.1 Å². The first-order chi connectivity index (χ1) is 9.29. The minimum atomic E-state index is 0.0560. The quantitative estimate of drug-likeness (QED) is 0.708. The van der Waals surface area contributed by atoms with E-state index in [4.69, 9.17) is 0 Å². The van der Waals surface area contributed by atoms with E-state index in [9.17, 15) is 4.79 Å². The fourth-order valence-electron chi connectivity index (χ4n) is 3.07. The molecule has 0 saturated carbocycles. The Balaban J connectivity index is 1.67. The van der Waals surface area contributed by atoms with Gasteiger partial charge in [-0.3, -0.25) is 4.79 Å². The van der Waals surface area contributed by atoms with Crippen molar-refractivity contribution >= 4 is 5.91 Å². The molecule has 1 amide bonds. The van der Waals surface area contributed by atoms with Gasteiger partial charge in [0.2, 0.25) is 5.91 Å². The molecule has 2 unspecified atom stereocenters. The number of hydrogen-bond donors (Lipinski definition) is 2. The van der Waals surface area contributed by atoms with Crippen LogP contribution >= 0.6 is 0 Å². The summed E-state index contributed by atoms with van der Waals surface area (Å²) in [7, 11) is 0. The topological polar surface area (TPSA) is 44.4 Å². The third kappa shape index (κ3) is 4.62. The highest BCUT2D eigenvalue weighted by molar-refractivity contribution is 5.81. The summed E-state index contributed by atoms with van der Waals surface area (Å²) in [4.78, 5) is 14.4. The summed E-state index contributed by atoms with van der Waals surface area (Å²) in [5, 5.41) is 6.37. The van der Waals surface area contributed by atoms with Crippen molar-refractivity contribution in [3.8, 4) is 0 Å². The highest BCUT2D eigenvalue weighted by atomic mass is 16.2. The number of nitrogens with zero attached hydrogens (tertiary/aromatic N) is 1. The van der Waals surface area contributed by atoms with Crippen LogP contribution in [-0.2, 0) is 4.79 Å². The molecule has 2 aliphatic heterocycles. The second-order valence-corrected chi connectivity index (χ2v) is 5.78. The van der Waals surface area contributed by atoms with Crippen LogP contribution in [-0.4, -0.2) is 49.6 Å². The summed E-state index contributed by atoms with van der Waals surface area (Å²) in [5.41, 5.74) is 0. The lowest BCUT2D eigenvalue weighted by Crippen LogP contribution is -2.45. The predicted octanol–water partition coefficient (Wildman–Crippen LogP) is 1.14. The molecule has 4 heteroatoms. The number of carbonyl (C=O) groups excluding carboxylic acids is 1. The van der Waals surface area contributed by atoms with Crippen LogP contribution in [0.3, 0.4) is 0 Å². The third-order valence-electron chi connectivity index (χ3n) is 4.19. The molecule has 2 fully saturated rings. The molecule has 2 heterocycles. The van der Waals surface area contributed by atoms with Crippen molar-refractivity contribution in [1.29, 1.82) is 0 Å². The molecular formula is C15H27N3O. The molecule has 19 heavy (non-hydrogen) atoms. The molecule has 0 aromatic rings. The maximum Gasteiger partial charge on any atom is 0.237 e. The van der Waals surface area contributed by atoms with Crippen molar-refractivity contribution < 1.29 is 4.79 Å². The Bertz CT molecular complexity index is 300. The molecule has 108 valence electrons. The van der Waals surface area contributed by atoms with Gasteiger partial charge in [0.1, 0.15) is 0 Å². The Morgan fingerprint density at radius 2 is 2.32 bits per heavy atom. The lowest BCUT2D eigenvalue weighted by atomic mass is 9.97. The number of hydrogen-bond acceptors (Lipinski definition) is 3. The molecule has 2 rings (SSSR count). The summed E-state index contributed by atoms with van der Waals surface area (Å²) in [5.74, 6) is 0.810. The average molecular weight is 265 g/mol. The Labute approximate surface area is 116 Å². The van der Waals surface area contributed by atoms with Gasteiger partial charge in [0.15, 0.2) is 0 Å². The highest BCUT2D eigenvalue weighted by Gasteiger charge is 2.24. The van der Waals surface area contributed by atoms with Gasteiger partial charge in [-0.15, -0.1) is 6.58 Å². The van der Waals surface area contributed by atoms with Gasteiger partial charge in [-0.2, -0.15) is 0 Å². The van der Waals surface area contributed by atoms with E-state index in [1.807, 2.05) is 6.08 Å². The first-order valence-electron chi connectivity index (χ1n) is 7.64. The van der Waals surface area contributed by atoms with Crippen molar-refractivity contribution in [2.75, 3.05) is 32.7 Å². The van der Waals surface area contributed by atoms with Crippen LogP contribution < -0.4 is 10.6 Å². The lowest BCUT2D eigenvalue weighted by molar-refractivity contribution is -0.123. The van der Waals surface area contributed by atoms with Crippen molar-refractivity contribution in [2.24, 2.45) is 5.92 Å². The number of carbonyl (C=O) groups is 1. The van der Waals surface area contributed by atoms with Crippen LogP contribution in [0, 0.1) is 5.92 Å². The molecule has 0 aromatic heterocycles. The largest absolute Gasteiger partial charge is 0.354 e. The number of piperidine rings is 1. The van der Waals surface area contributed by atoms with E-state index in [0.29, 0.717) is 5.92 Å². The third-order valence-corrected chi connectivity index (χ3v) is 4.19. The zero-order valence-electron chi connectivity index (χ0n) is 11.9. The van der Waals surface area contributed by atoms with E-state index in [-0.39, 0.29) is 11.9 Å². The van der Waals surface area contributed by atoms with Gasteiger partial charge in [-0.1, -0.05) is 6.08 Å². The van der Waals surface area contributed by atoms with Crippen LogP contribution in [0.4, 0.5) is 0 Å². The normalized spacial score (nSPS) is 28.2. The van der Waals surface area contributed by atoms with Gasteiger partial charge in [0, 0.05) is 19.6 Å². The number of amides is 1. The van der Waals surface area contributed by atoms with Crippen LogP contribution in [0.25, 0.3) is 0 Å². The highest BCUT2D eigenvalue weighted by Crippen LogP contribution is 2.16. The molecule has 0 bridgehead atoms. The van der Waals surface area contributed by atoms with E-state index in [0.717, 1.165) is 45.4 Å². The van der Waals surface area contributed by atoms with Gasteiger partial charge in [0.05, 0.1) is 6.04 Å². The van der Waals surface area contributed by atoms with E-state index in [2.05, 4.69) is 22.1 Å². The number of nitrogens with one attached hydrogen (secondary N) is 2.